The third-order valence-electron chi connectivity index (χ3n) is 3.11. The number of rotatable bonds is 5. The Balaban J connectivity index is 2.24. The monoisotopic (exact) mass is 298 g/mol. The first-order chi connectivity index (χ1) is 9.04. The molecule has 0 radical (unpaired) electrons. The molecule has 0 aliphatic rings. The molecule has 6 heteroatoms. The Kier molecular flexibility index (Phi) is 4.60. The summed E-state index contributed by atoms with van der Waals surface area (Å²) in [7, 11) is 1.95. The van der Waals surface area contributed by atoms with Gasteiger partial charge < -0.3 is 5.32 Å². The first kappa shape index (κ1) is 14.5. The van der Waals surface area contributed by atoms with Gasteiger partial charge in [-0.25, -0.2) is 9.67 Å². The molecule has 0 amide bonds. The molecular weight excluding hydrogens is 280 g/mol. The van der Waals surface area contributed by atoms with Crippen LogP contribution in [0, 0.1) is 6.92 Å². The van der Waals surface area contributed by atoms with Crippen molar-refractivity contribution in [1.29, 1.82) is 0 Å². The molecule has 19 heavy (non-hydrogen) atoms. The quantitative estimate of drug-likeness (QED) is 0.920. The standard InChI is InChI=1S/C13H19ClN4S/c1-8(2)18-11(16-7-17-18)5-10(15-4)13-12(14)9(3)6-19-13/h6-8,10,15H,5H2,1-4H3. The molecule has 2 aromatic rings. The zero-order chi connectivity index (χ0) is 14.0. The van der Waals surface area contributed by atoms with E-state index in [1.54, 1.807) is 17.7 Å². The number of halogens is 1. The third-order valence-corrected chi connectivity index (χ3v) is 4.94. The Morgan fingerprint density at radius 3 is 2.74 bits per heavy atom. The Morgan fingerprint density at radius 2 is 2.21 bits per heavy atom. The van der Waals surface area contributed by atoms with Crippen LogP contribution in [0.15, 0.2) is 11.7 Å². The summed E-state index contributed by atoms with van der Waals surface area (Å²) in [6.07, 6.45) is 2.40. The van der Waals surface area contributed by atoms with E-state index in [2.05, 4.69) is 34.6 Å². The van der Waals surface area contributed by atoms with Crippen molar-refractivity contribution >= 4 is 22.9 Å². The van der Waals surface area contributed by atoms with Gasteiger partial charge in [0.1, 0.15) is 12.2 Å². The number of hydrogen-bond acceptors (Lipinski definition) is 4. The summed E-state index contributed by atoms with van der Waals surface area (Å²) in [4.78, 5) is 5.53. The Labute approximate surface area is 122 Å². The predicted molar refractivity (Wildman–Crippen MR) is 80.0 cm³/mol. The predicted octanol–water partition coefficient (Wildman–Crippen LogP) is 3.39. The largest absolute Gasteiger partial charge is 0.312 e. The number of hydrogen-bond donors (Lipinski definition) is 1. The molecule has 2 heterocycles. The number of likely N-dealkylation sites (N-methyl/N-ethyl adjacent to an activating group) is 1. The molecule has 0 aliphatic heterocycles. The lowest BCUT2D eigenvalue weighted by Crippen LogP contribution is -2.21. The van der Waals surface area contributed by atoms with Crippen LogP contribution < -0.4 is 5.32 Å². The highest BCUT2D eigenvalue weighted by molar-refractivity contribution is 7.10. The van der Waals surface area contributed by atoms with Crippen molar-refractivity contribution in [3.63, 3.8) is 0 Å². The Hall–Kier alpha value is -0.910. The third kappa shape index (κ3) is 2.99. The van der Waals surface area contributed by atoms with Crippen molar-refractivity contribution in [1.82, 2.24) is 20.1 Å². The van der Waals surface area contributed by atoms with E-state index in [1.807, 2.05) is 18.7 Å². The Bertz CT molecular complexity index is 547. The van der Waals surface area contributed by atoms with Crippen molar-refractivity contribution < 1.29 is 0 Å². The average Bonchev–Trinajstić information content (AvgIpc) is 2.96. The SMILES string of the molecule is CNC(Cc1ncnn1C(C)C)c1scc(C)c1Cl. The number of nitrogens with zero attached hydrogens (tertiary/aromatic N) is 3. The van der Waals surface area contributed by atoms with Crippen LogP contribution in [0.2, 0.25) is 5.02 Å². The highest BCUT2D eigenvalue weighted by atomic mass is 35.5. The minimum Gasteiger partial charge on any atom is -0.312 e. The topological polar surface area (TPSA) is 42.7 Å². The molecule has 0 saturated heterocycles. The van der Waals surface area contributed by atoms with Gasteiger partial charge in [0.05, 0.1) is 5.02 Å². The fourth-order valence-electron chi connectivity index (χ4n) is 2.04. The van der Waals surface area contributed by atoms with Gasteiger partial charge >= 0.3 is 0 Å². The van der Waals surface area contributed by atoms with Crippen LogP contribution in [-0.4, -0.2) is 21.8 Å². The summed E-state index contributed by atoms with van der Waals surface area (Å²) in [5.74, 6) is 0.983. The summed E-state index contributed by atoms with van der Waals surface area (Å²) in [6, 6.07) is 0.489. The molecule has 0 aliphatic carbocycles. The van der Waals surface area contributed by atoms with Gasteiger partial charge in [0, 0.05) is 23.4 Å². The van der Waals surface area contributed by atoms with E-state index in [-0.39, 0.29) is 6.04 Å². The van der Waals surface area contributed by atoms with Crippen LogP contribution in [0.4, 0.5) is 0 Å². The fourth-order valence-corrected chi connectivity index (χ4v) is 3.48. The van der Waals surface area contributed by atoms with Crippen LogP contribution >= 0.6 is 22.9 Å². The summed E-state index contributed by atoms with van der Waals surface area (Å²) in [5, 5.41) is 10.5. The summed E-state index contributed by atoms with van der Waals surface area (Å²) in [6.45, 7) is 6.25. The second-order valence-corrected chi connectivity index (χ2v) is 6.15. The first-order valence-corrected chi connectivity index (χ1v) is 7.59. The smallest absolute Gasteiger partial charge is 0.138 e. The van der Waals surface area contributed by atoms with Gasteiger partial charge in [-0.05, 0) is 38.8 Å². The van der Waals surface area contributed by atoms with Gasteiger partial charge in [-0.15, -0.1) is 11.3 Å². The lowest BCUT2D eigenvalue weighted by molar-refractivity contribution is 0.480. The highest BCUT2D eigenvalue weighted by Gasteiger charge is 2.20. The Morgan fingerprint density at radius 1 is 1.47 bits per heavy atom. The molecule has 0 aromatic carbocycles. The molecule has 0 saturated carbocycles. The van der Waals surface area contributed by atoms with Crippen molar-refractivity contribution in [2.45, 2.75) is 39.3 Å². The summed E-state index contributed by atoms with van der Waals surface area (Å²) < 4.78 is 1.96. The number of thiophene rings is 1. The van der Waals surface area contributed by atoms with Crippen LogP contribution in [0.5, 0.6) is 0 Å². The molecule has 2 aromatic heterocycles. The van der Waals surface area contributed by atoms with Gasteiger partial charge in [0.25, 0.3) is 0 Å². The molecule has 0 bridgehead atoms. The fraction of sp³-hybridized carbons (Fsp3) is 0.538. The van der Waals surface area contributed by atoms with Gasteiger partial charge in [0.2, 0.25) is 0 Å². The number of aromatic nitrogens is 3. The summed E-state index contributed by atoms with van der Waals surface area (Å²) >= 11 is 8.05. The number of nitrogens with one attached hydrogen (secondary N) is 1. The van der Waals surface area contributed by atoms with Crippen molar-refractivity contribution in [2.75, 3.05) is 7.05 Å². The van der Waals surface area contributed by atoms with Gasteiger partial charge in [0.15, 0.2) is 0 Å². The molecule has 1 unspecified atom stereocenters. The zero-order valence-corrected chi connectivity index (χ0v) is 13.2. The maximum Gasteiger partial charge on any atom is 0.138 e. The van der Waals surface area contributed by atoms with Gasteiger partial charge in [-0.3, -0.25) is 0 Å². The van der Waals surface area contributed by atoms with E-state index in [4.69, 9.17) is 11.6 Å². The van der Waals surface area contributed by atoms with E-state index in [0.717, 1.165) is 22.8 Å². The average molecular weight is 299 g/mol. The second-order valence-electron chi connectivity index (χ2n) is 4.86. The van der Waals surface area contributed by atoms with E-state index < -0.39 is 0 Å². The molecule has 0 fully saturated rings. The van der Waals surface area contributed by atoms with Gasteiger partial charge in [-0.1, -0.05) is 11.6 Å². The maximum atomic E-state index is 6.35. The van der Waals surface area contributed by atoms with Crippen LogP contribution in [0.3, 0.4) is 0 Å². The number of aryl methyl sites for hydroxylation is 1. The van der Waals surface area contributed by atoms with Crippen molar-refractivity contribution in [2.24, 2.45) is 0 Å². The van der Waals surface area contributed by atoms with E-state index in [9.17, 15) is 0 Å². The van der Waals surface area contributed by atoms with Gasteiger partial charge in [-0.2, -0.15) is 5.10 Å². The van der Waals surface area contributed by atoms with Crippen LogP contribution in [0.25, 0.3) is 0 Å². The van der Waals surface area contributed by atoms with Crippen molar-refractivity contribution in [3.05, 3.63) is 33.0 Å². The molecule has 1 atom stereocenters. The normalized spacial score (nSPS) is 13.2. The second kappa shape index (κ2) is 6.03. The minimum absolute atomic E-state index is 0.174. The molecule has 4 nitrogen and oxygen atoms in total. The molecule has 2 rings (SSSR count). The van der Waals surface area contributed by atoms with Crippen LogP contribution in [0.1, 0.15) is 42.2 Å². The van der Waals surface area contributed by atoms with E-state index in [1.165, 1.54) is 4.88 Å². The maximum absolute atomic E-state index is 6.35. The molecule has 1 N–H and O–H groups in total. The zero-order valence-electron chi connectivity index (χ0n) is 11.6. The molecular formula is C13H19ClN4S. The first-order valence-electron chi connectivity index (χ1n) is 6.33. The lowest BCUT2D eigenvalue weighted by Gasteiger charge is -2.16. The van der Waals surface area contributed by atoms with E-state index >= 15 is 0 Å². The minimum atomic E-state index is 0.174. The lowest BCUT2D eigenvalue weighted by atomic mass is 10.1. The molecule has 0 spiro atoms. The highest BCUT2D eigenvalue weighted by Crippen LogP contribution is 2.33. The van der Waals surface area contributed by atoms with Crippen molar-refractivity contribution in [3.8, 4) is 0 Å². The van der Waals surface area contributed by atoms with Crippen LogP contribution in [-0.2, 0) is 6.42 Å². The van der Waals surface area contributed by atoms with E-state index in [0.29, 0.717) is 6.04 Å². The summed E-state index contributed by atoms with van der Waals surface area (Å²) in [5.41, 5.74) is 1.13. The molecule has 104 valence electrons.